The molecule has 1 aromatic carbocycles. The number of hydrogen-bond acceptors (Lipinski definition) is 4. The van der Waals surface area contributed by atoms with Crippen LogP contribution in [0.25, 0.3) is 0 Å². The largest absolute Gasteiger partial charge is 0.492 e. The number of rotatable bonds is 8. The molecule has 0 spiro atoms. The number of aliphatic hydroxyl groups excluding tert-OH is 1. The van der Waals surface area contributed by atoms with Crippen LogP contribution in [-0.4, -0.2) is 32.8 Å². The highest BCUT2D eigenvalue weighted by Crippen LogP contribution is 2.30. The fourth-order valence-electron chi connectivity index (χ4n) is 1.70. The van der Waals surface area contributed by atoms with E-state index in [2.05, 4.69) is 4.72 Å². The molecule has 0 amide bonds. The van der Waals surface area contributed by atoms with Gasteiger partial charge in [-0.1, -0.05) is 25.4 Å². The highest BCUT2D eigenvalue weighted by atomic mass is 35.5. The lowest BCUT2D eigenvalue weighted by molar-refractivity contribution is 0.253. The Kier molecular flexibility index (Phi) is 6.93. The minimum atomic E-state index is -3.80. The summed E-state index contributed by atoms with van der Waals surface area (Å²) in [6.07, 6.45) is 1.25. The Hall–Kier alpha value is -0.820. The third-order valence-electron chi connectivity index (χ3n) is 3.01. The minimum Gasteiger partial charge on any atom is -0.492 e. The molecular formula is C14H22ClNO4S. The van der Waals surface area contributed by atoms with E-state index in [0.717, 1.165) is 12.0 Å². The van der Waals surface area contributed by atoms with E-state index in [1.807, 2.05) is 6.92 Å². The Labute approximate surface area is 131 Å². The van der Waals surface area contributed by atoms with E-state index in [9.17, 15) is 8.42 Å². The monoisotopic (exact) mass is 335 g/mol. The van der Waals surface area contributed by atoms with Crippen molar-refractivity contribution < 1.29 is 18.3 Å². The van der Waals surface area contributed by atoms with E-state index in [1.54, 1.807) is 19.9 Å². The van der Waals surface area contributed by atoms with Crippen LogP contribution in [0.15, 0.2) is 17.0 Å². The van der Waals surface area contributed by atoms with Crippen molar-refractivity contribution in [3.05, 3.63) is 22.7 Å². The maximum atomic E-state index is 12.4. The van der Waals surface area contributed by atoms with E-state index in [0.29, 0.717) is 18.1 Å². The average Bonchev–Trinajstić information content (AvgIpc) is 2.45. The van der Waals surface area contributed by atoms with Crippen LogP contribution in [0.4, 0.5) is 0 Å². The molecule has 0 heterocycles. The summed E-state index contributed by atoms with van der Waals surface area (Å²) in [4.78, 5) is -0.00144. The molecule has 0 fully saturated rings. The summed E-state index contributed by atoms with van der Waals surface area (Å²) in [5.74, 6) is 0.277. The van der Waals surface area contributed by atoms with Crippen molar-refractivity contribution >= 4 is 21.6 Å². The molecule has 0 aliphatic rings. The normalized spacial score (nSPS) is 13.2. The first-order valence-electron chi connectivity index (χ1n) is 6.91. The van der Waals surface area contributed by atoms with Crippen LogP contribution < -0.4 is 9.46 Å². The molecule has 0 saturated heterocycles. The molecule has 5 nitrogen and oxygen atoms in total. The standard InChI is InChI=1S/C14H22ClNO4S/c1-4-6-20-13-7-10(3)12(15)8-14(13)21(18,19)16-11(5-2)9-17/h7-8,11,16-17H,4-6,9H2,1-3H3. The number of benzene rings is 1. The van der Waals surface area contributed by atoms with Gasteiger partial charge >= 0.3 is 0 Å². The average molecular weight is 336 g/mol. The first-order valence-corrected chi connectivity index (χ1v) is 8.77. The Morgan fingerprint density at radius 1 is 1.38 bits per heavy atom. The Morgan fingerprint density at radius 2 is 2.05 bits per heavy atom. The van der Waals surface area contributed by atoms with Crippen molar-refractivity contribution in [2.24, 2.45) is 0 Å². The van der Waals surface area contributed by atoms with E-state index < -0.39 is 16.1 Å². The van der Waals surface area contributed by atoms with Crippen molar-refractivity contribution in [2.45, 2.75) is 44.6 Å². The molecule has 0 aromatic heterocycles. The summed E-state index contributed by atoms with van der Waals surface area (Å²) in [6.45, 7) is 5.67. The number of hydrogen-bond donors (Lipinski definition) is 2. The van der Waals surface area contributed by atoms with Gasteiger partial charge in [-0.05, 0) is 37.5 Å². The second-order valence-corrected chi connectivity index (χ2v) is 6.90. The van der Waals surface area contributed by atoms with Crippen LogP contribution in [0.1, 0.15) is 32.3 Å². The number of halogens is 1. The predicted octanol–water partition coefficient (Wildman–Crippen LogP) is 2.49. The number of nitrogens with one attached hydrogen (secondary N) is 1. The van der Waals surface area contributed by atoms with Gasteiger partial charge < -0.3 is 9.84 Å². The summed E-state index contributed by atoms with van der Waals surface area (Å²) < 4.78 is 32.9. The quantitative estimate of drug-likeness (QED) is 0.765. The molecule has 0 saturated carbocycles. The lowest BCUT2D eigenvalue weighted by Crippen LogP contribution is -2.37. The van der Waals surface area contributed by atoms with Gasteiger partial charge in [0.05, 0.1) is 13.2 Å². The summed E-state index contributed by atoms with van der Waals surface area (Å²) in [6, 6.07) is 2.47. The van der Waals surface area contributed by atoms with Gasteiger partial charge in [-0.25, -0.2) is 13.1 Å². The fraction of sp³-hybridized carbons (Fsp3) is 0.571. The zero-order valence-electron chi connectivity index (χ0n) is 12.5. The highest BCUT2D eigenvalue weighted by molar-refractivity contribution is 7.89. The molecule has 1 unspecified atom stereocenters. The van der Waals surface area contributed by atoms with Crippen LogP contribution in [0.3, 0.4) is 0 Å². The molecule has 2 N–H and O–H groups in total. The second-order valence-electron chi connectivity index (χ2n) is 4.81. The van der Waals surface area contributed by atoms with Crippen LogP contribution in [-0.2, 0) is 10.0 Å². The number of ether oxygens (including phenoxy) is 1. The summed E-state index contributed by atoms with van der Waals surface area (Å²) in [5.41, 5.74) is 0.746. The molecule has 120 valence electrons. The Bertz CT molecular complexity index is 571. The van der Waals surface area contributed by atoms with Gasteiger partial charge in [0.2, 0.25) is 10.0 Å². The van der Waals surface area contributed by atoms with Crippen molar-refractivity contribution in [2.75, 3.05) is 13.2 Å². The molecule has 0 aliphatic heterocycles. The number of aliphatic hydroxyl groups is 1. The minimum absolute atomic E-state index is 0.00144. The molecule has 7 heteroatoms. The molecular weight excluding hydrogens is 314 g/mol. The zero-order chi connectivity index (χ0) is 16.0. The first-order chi connectivity index (χ1) is 9.85. The van der Waals surface area contributed by atoms with Crippen molar-refractivity contribution in [3.63, 3.8) is 0 Å². The molecule has 1 rings (SSSR count). The van der Waals surface area contributed by atoms with E-state index in [4.69, 9.17) is 21.4 Å². The van der Waals surface area contributed by atoms with E-state index >= 15 is 0 Å². The number of sulfonamides is 1. The van der Waals surface area contributed by atoms with Crippen LogP contribution >= 0.6 is 11.6 Å². The van der Waals surface area contributed by atoms with Gasteiger partial charge in [-0.15, -0.1) is 0 Å². The lowest BCUT2D eigenvalue weighted by atomic mass is 10.2. The summed E-state index contributed by atoms with van der Waals surface area (Å²) in [7, 11) is -3.80. The fourth-order valence-corrected chi connectivity index (χ4v) is 3.40. The van der Waals surface area contributed by atoms with Crippen LogP contribution in [0.2, 0.25) is 5.02 Å². The molecule has 0 aliphatic carbocycles. The topological polar surface area (TPSA) is 75.6 Å². The zero-order valence-corrected chi connectivity index (χ0v) is 14.1. The van der Waals surface area contributed by atoms with Gasteiger partial charge in [0, 0.05) is 11.1 Å². The van der Waals surface area contributed by atoms with Crippen molar-refractivity contribution in [1.29, 1.82) is 0 Å². The summed E-state index contributed by atoms with van der Waals surface area (Å²) >= 11 is 6.03. The Balaban J connectivity index is 3.22. The molecule has 1 atom stereocenters. The van der Waals surface area contributed by atoms with Gasteiger partial charge in [-0.2, -0.15) is 0 Å². The summed E-state index contributed by atoms with van der Waals surface area (Å²) in [5, 5.41) is 9.52. The first kappa shape index (κ1) is 18.2. The molecule has 0 radical (unpaired) electrons. The van der Waals surface area contributed by atoms with Gasteiger partial charge in [0.1, 0.15) is 10.6 Å². The van der Waals surface area contributed by atoms with Gasteiger partial charge in [0.15, 0.2) is 0 Å². The maximum Gasteiger partial charge on any atom is 0.244 e. The van der Waals surface area contributed by atoms with E-state index in [1.165, 1.54) is 6.07 Å². The third kappa shape index (κ3) is 4.85. The van der Waals surface area contributed by atoms with Crippen LogP contribution in [0, 0.1) is 6.92 Å². The number of aryl methyl sites for hydroxylation is 1. The van der Waals surface area contributed by atoms with Crippen molar-refractivity contribution in [3.8, 4) is 5.75 Å². The predicted molar refractivity (Wildman–Crippen MR) is 83.5 cm³/mol. The van der Waals surface area contributed by atoms with Gasteiger partial charge in [0.25, 0.3) is 0 Å². The SMILES string of the molecule is CCCOc1cc(C)c(Cl)cc1S(=O)(=O)NC(CC)CO. The van der Waals surface area contributed by atoms with E-state index in [-0.39, 0.29) is 17.3 Å². The lowest BCUT2D eigenvalue weighted by Gasteiger charge is -2.17. The highest BCUT2D eigenvalue weighted by Gasteiger charge is 2.24. The second kappa shape index (κ2) is 7.98. The molecule has 21 heavy (non-hydrogen) atoms. The smallest absolute Gasteiger partial charge is 0.244 e. The molecule has 1 aromatic rings. The van der Waals surface area contributed by atoms with Crippen LogP contribution in [0.5, 0.6) is 5.75 Å². The Morgan fingerprint density at radius 3 is 2.57 bits per heavy atom. The van der Waals surface area contributed by atoms with Crippen molar-refractivity contribution in [1.82, 2.24) is 4.72 Å². The maximum absolute atomic E-state index is 12.4. The molecule has 0 bridgehead atoms. The van der Waals surface area contributed by atoms with Gasteiger partial charge in [-0.3, -0.25) is 0 Å². The third-order valence-corrected chi connectivity index (χ3v) is 4.96.